The van der Waals surface area contributed by atoms with Crippen LogP contribution in [-0.2, 0) is 0 Å². The van der Waals surface area contributed by atoms with E-state index >= 15 is 0 Å². The molecule has 0 fully saturated rings. The van der Waals surface area contributed by atoms with Crippen LogP contribution in [0.4, 0.5) is 0 Å². The molecule has 0 bridgehead atoms. The van der Waals surface area contributed by atoms with Crippen molar-refractivity contribution < 1.29 is 0 Å². The minimum atomic E-state index is 0.219. The van der Waals surface area contributed by atoms with Crippen LogP contribution in [0.15, 0.2) is 0 Å². The number of nitrogens with zero attached hydrogens (tertiary/aromatic N) is 1. The van der Waals surface area contributed by atoms with E-state index in [4.69, 9.17) is 0 Å². The maximum atomic E-state index is 3.65. The van der Waals surface area contributed by atoms with Crippen LogP contribution in [0.2, 0.25) is 0 Å². The van der Waals surface area contributed by atoms with Crippen LogP contribution in [0.25, 0.3) is 0 Å². The molecule has 0 aromatic carbocycles. The minimum Gasteiger partial charge on any atom is -0.311 e. The van der Waals surface area contributed by atoms with E-state index in [2.05, 4.69) is 64.2 Å². The maximum Gasteiger partial charge on any atom is 0.0197 e. The first kappa shape index (κ1) is 16.9. The molecule has 104 valence electrons. The van der Waals surface area contributed by atoms with Crippen LogP contribution in [0.1, 0.15) is 41.0 Å². The Kier molecular flexibility index (Phi) is 8.01. The van der Waals surface area contributed by atoms with E-state index in [1.165, 1.54) is 6.42 Å². The monoisotopic (exact) mass is 243 g/mol. The number of hydrogen-bond donors (Lipinski definition) is 2. The third kappa shape index (κ3) is 12.1. The van der Waals surface area contributed by atoms with Crippen molar-refractivity contribution in [2.75, 3.05) is 33.7 Å². The van der Waals surface area contributed by atoms with Gasteiger partial charge < -0.3 is 15.5 Å². The highest BCUT2D eigenvalue weighted by atomic mass is 15.1. The lowest BCUT2D eigenvalue weighted by atomic mass is 10.0. The van der Waals surface area contributed by atoms with Gasteiger partial charge in [-0.1, -0.05) is 13.8 Å². The second-order valence-electron chi connectivity index (χ2n) is 6.72. The van der Waals surface area contributed by atoms with Crippen molar-refractivity contribution in [2.45, 2.75) is 52.6 Å². The molecule has 0 aliphatic heterocycles. The molecule has 17 heavy (non-hydrogen) atoms. The molecular weight excluding hydrogens is 210 g/mol. The van der Waals surface area contributed by atoms with Gasteiger partial charge in [-0.15, -0.1) is 0 Å². The van der Waals surface area contributed by atoms with Gasteiger partial charge in [-0.25, -0.2) is 0 Å². The lowest BCUT2D eigenvalue weighted by Crippen LogP contribution is -2.45. The molecule has 0 saturated carbocycles. The van der Waals surface area contributed by atoms with Gasteiger partial charge in [0.05, 0.1) is 0 Å². The fraction of sp³-hybridized carbons (Fsp3) is 1.00. The summed E-state index contributed by atoms with van der Waals surface area (Å²) < 4.78 is 0. The van der Waals surface area contributed by atoms with Gasteiger partial charge in [-0.3, -0.25) is 0 Å². The molecule has 0 amide bonds. The van der Waals surface area contributed by atoms with E-state index in [1.54, 1.807) is 0 Å². The lowest BCUT2D eigenvalue weighted by Gasteiger charge is -2.26. The molecule has 0 aromatic heterocycles. The minimum absolute atomic E-state index is 0.219. The third-order valence-electron chi connectivity index (χ3n) is 2.55. The summed E-state index contributed by atoms with van der Waals surface area (Å²) in [5, 5.41) is 7.16. The molecule has 0 saturated heterocycles. The predicted molar refractivity (Wildman–Crippen MR) is 77.6 cm³/mol. The average molecular weight is 243 g/mol. The Morgan fingerprint density at radius 1 is 1.06 bits per heavy atom. The summed E-state index contributed by atoms with van der Waals surface area (Å²) in [4.78, 5) is 2.26. The maximum absolute atomic E-state index is 3.65. The Balaban J connectivity index is 3.83. The number of likely N-dealkylation sites (N-methyl/N-ethyl adjacent to an activating group) is 1. The van der Waals surface area contributed by atoms with E-state index in [9.17, 15) is 0 Å². The van der Waals surface area contributed by atoms with Gasteiger partial charge >= 0.3 is 0 Å². The average Bonchev–Trinajstić information content (AvgIpc) is 2.08. The van der Waals surface area contributed by atoms with Gasteiger partial charge in [0.15, 0.2) is 0 Å². The number of hydrogen-bond acceptors (Lipinski definition) is 3. The second kappa shape index (κ2) is 8.06. The highest BCUT2D eigenvalue weighted by Crippen LogP contribution is 2.05. The van der Waals surface area contributed by atoms with E-state index in [0.717, 1.165) is 25.6 Å². The summed E-state index contributed by atoms with van der Waals surface area (Å²) in [6.45, 7) is 14.4. The Labute approximate surface area is 108 Å². The Bertz CT molecular complexity index is 172. The third-order valence-corrected chi connectivity index (χ3v) is 2.55. The van der Waals surface area contributed by atoms with Gasteiger partial charge in [0.2, 0.25) is 0 Å². The summed E-state index contributed by atoms with van der Waals surface area (Å²) in [6, 6.07) is 0.603. The molecule has 3 heteroatoms. The quantitative estimate of drug-likeness (QED) is 0.638. The first-order valence-corrected chi connectivity index (χ1v) is 6.84. The summed E-state index contributed by atoms with van der Waals surface area (Å²) in [7, 11) is 4.28. The zero-order valence-electron chi connectivity index (χ0n) is 12.9. The highest BCUT2D eigenvalue weighted by Gasteiger charge is 2.12. The topological polar surface area (TPSA) is 27.3 Å². The zero-order valence-corrected chi connectivity index (χ0v) is 12.9. The largest absolute Gasteiger partial charge is 0.311 e. The van der Waals surface area contributed by atoms with Gasteiger partial charge in [0, 0.05) is 31.2 Å². The molecule has 0 rings (SSSR count). The van der Waals surface area contributed by atoms with Gasteiger partial charge in [-0.05, 0) is 47.2 Å². The van der Waals surface area contributed by atoms with E-state index in [-0.39, 0.29) is 5.54 Å². The van der Waals surface area contributed by atoms with Crippen molar-refractivity contribution in [1.82, 2.24) is 15.5 Å². The first-order chi connectivity index (χ1) is 7.70. The van der Waals surface area contributed by atoms with Crippen molar-refractivity contribution in [3.8, 4) is 0 Å². The van der Waals surface area contributed by atoms with Crippen molar-refractivity contribution in [2.24, 2.45) is 5.92 Å². The molecular formula is C14H33N3. The van der Waals surface area contributed by atoms with Crippen LogP contribution in [-0.4, -0.2) is 50.2 Å². The SMILES string of the molecule is CC(C)CC(CN(C)C)NCCNC(C)(C)C. The van der Waals surface area contributed by atoms with Crippen LogP contribution < -0.4 is 10.6 Å². The fourth-order valence-corrected chi connectivity index (χ4v) is 1.95. The molecule has 0 spiro atoms. The number of nitrogens with one attached hydrogen (secondary N) is 2. The van der Waals surface area contributed by atoms with Crippen LogP contribution in [0.3, 0.4) is 0 Å². The molecule has 2 N–H and O–H groups in total. The Hall–Kier alpha value is -0.120. The summed E-state index contributed by atoms with van der Waals surface area (Å²) >= 11 is 0. The molecule has 0 aliphatic carbocycles. The molecule has 1 unspecified atom stereocenters. The molecule has 3 nitrogen and oxygen atoms in total. The smallest absolute Gasteiger partial charge is 0.0197 e. The molecule has 0 heterocycles. The van der Waals surface area contributed by atoms with Crippen molar-refractivity contribution in [3.63, 3.8) is 0 Å². The molecule has 1 atom stereocenters. The highest BCUT2D eigenvalue weighted by molar-refractivity contribution is 4.74. The van der Waals surface area contributed by atoms with Crippen LogP contribution in [0.5, 0.6) is 0 Å². The lowest BCUT2D eigenvalue weighted by molar-refractivity contribution is 0.302. The Morgan fingerprint density at radius 3 is 2.06 bits per heavy atom. The fourth-order valence-electron chi connectivity index (χ4n) is 1.95. The normalized spacial score (nSPS) is 14.6. The summed E-state index contributed by atoms with van der Waals surface area (Å²) in [5.74, 6) is 0.753. The van der Waals surface area contributed by atoms with E-state index in [0.29, 0.717) is 6.04 Å². The summed E-state index contributed by atoms with van der Waals surface area (Å²) in [6.07, 6.45) is 1.24. The molecule has 0 radical (unpaired) electrons. The van der Waals surface area contributed by atoms with Gasteiger partial charge in [0.1, 0.15) is 0 Å². The number of rotatable bonds is 8. The predicted octanol–water partition coefficient (Wildman–Crippen LogP) is 1.94. The Morgan fingerprint density at radius 2 is 1.65 bits per heavy atom. The molecule has 0 aliphatic rings. The van der Waals surface area contributed by atoms with Gasteiger partial charge in [-0.2, -0.15) is 0 Å². The van der Waals surface area contributed by atoms with Crippen molar-refractivity contribution in [1.29, 1.82) is 0 Å². The first-order valence-electron chi connectivity index (χ1n) is 6.84. The van der Waals surface area contributed by atoms with E-state index in [1.807, 2.05) is 0 Å². The second-order valence-corrected chi connectivity index (χ2v) is 6.72. The van der Waals surface area contributed by atoms with Crippen LogP contribution >= 0.6 is 0 Å². The summed E-state index contributed by atoms with van der Waals surface area (Å²) in [5.41, 5.74) is 0.219. The van der Waals surface area contributed by atoms with Gasteiger partial charge in [0.25, 0.3) is 0 Å². The zero-order chi connectivity index (χ0) is 13.5. The van der Waals surface area contributed by atoms with Crippen molar-refractivity contribution >= 4 is 0 Å². The van der Waals surface area contributed by atoms with Crippen LogP contribution in [0, 0.1) is 5.92 Å². The molecule has 0 aromatic rings. The van der Waals surface area contributed by atoms with E-state index < -0.39 is 0 Å². The van der Waals surface area contributed by atoms with Crippen molar-refractivity contribution in [3.05, 3.63) is 0 Å². The standard InChI is InChI=1S/C14H33N3/c1-12(2)10-13(11-17(6)7)15-8-9-16-14(3,4)5/h12-13,15-16H,8-11H2,1-7H3.